The lowest BCUT2D eigenvalue weighted by atomic mass is 9.63. The van der Waals surface area contributed by atoms with Crippen molar-refractivity contribution >= 4 is 60.3 Å². The largest absolute Gasteiger partial charge is 0.457 e. The van der Waals surface area contributed by atoms with Gasteiger partial charge in [0, 0.05) is 58.2 Å². The highest BCUT2D eigenvalue weighted by Crippen LogP contribution is 2.62. The van der Waals surface area contributed by atoms with Crippen LogP contribution in [0.25, 0.3) is 20.2 Å². The minimum Gasteiger partial charge on any atom is -0.457 e. The summed E-state index contributed by atoms with van der Waals surface area (Å²) in [6.07, 6.45) is 0. The summed E-state index contributed by atoms with van der Waals surface area (Å²) in [5.74, 6) is 1.80. The summed E-state index contributed by atoms with van der Waals surface area (Å²) in [6.45, 7) is 0. The van der Waals surface area contributed by atoms with Crippen molar-refractivity contribution in [3.8, 4) is 11.5 Å². The van der Waals surface area contributed by atoms with Crippen LogP contribution in [0, 0.1) is 0 Å². The SMILES string of the molecule is c1ccc(N(c2ccc3c(c2)C2(c4ccccc4Oc4ccccc42)c2ccccc2S3)c2ccc3sc4ccccc4c3c2)cc1. The molecule has 47 heavy (non-hydrogen) atoms. The van der Waals surface area contributed by atoms with E-state index in [1.165, 1.54) is 52.2 Å². The molecular formula is C43H27NOS2. The number of hydrogen-bond donors (Lipinski definition) is 0. The van der Waals surface area contributed by atoms with Crippen LogP contribution in [-0.2, 0) is 5.41 Å². The zero-order chi connectivity index (χ0) is 31.0. The Balaban J connectivity index is 1.27. The molecule has 2 nitrogen and oxygen atoms in total. The summed E-state index contributed by atoms with van der Waals surface area (Å²) in [5.41, 5.74) is 7.73. The Hall–Kier alpha value is -5.29. The third-order valence-corrected chi connectivity index (χ3v) is 11.9. The fourth-order valence-corrected chi connectivity index (χ4v) is 9.88. The summed E-state index contributed by atoms with van der Waals surface area (Å²) >= 11 is 3.71. The number of rotatable bonds is 3. The molecule has 0 radical (unpaired) electrons. The molecule has 0 N–H and O–H groups in total. The van der Waals surface area contributed by atoms with Crippen LogP contribution >= 0.6 is 23.1 Å². The van der Waals surface area contributed by atoms with Crippen molar-refractivity contribution in [2.75, 3.05) is 4.90 Å². The molecule has 3 heterocycles. The van der Waals surface area contributed by atoms with Gasteiger partial charge in [-0.15, -0.1) is 11.3 Å². The lowest BCUT2D eigenvalue weighted by Crippen LogP contribution is -2.36. The van der Waals surface area contributed by atoms with Crippen molar-refractivity contribution < 1.29 is 4.74 Å². The minimum absolute atomic E-state index is 0.547. The smallest absolute Gasteiger partial charge is 0.132 e. The molecule has 10 rings (SSSR count). The van der Waals surface area contributed by atoms with Crippen LogP contribution in [0.4, 0.5) is 17.1 Å². The maximum atomic E-state index is 6.60. The fraction of sp³-hybridized carbons (Fsp3) is 0.0233. The van der Waals surface area contributed by atoms with E-state index in [1.54, 1.807) is 0 Å². The zero-order valence-electron chi connectivity index (χ0n) is 25.3. The summed E-state index contributed by atoms with van der Waals surface area (Å²) in [4.78, 5) is 4.93. The van der Waals surface area contributed by atoms with E-state index in [0.717, 1.165) is 28.6 Å². The third kappa shape index (κ3) is 3.92. The van der Waals surface area contributed by atoms with Crippen molar-refractivity contribution in [3.05, 3.63) is 186 Å². The number of thiophene rings is 1. The topological polar surface area (TPSA) is 12.5 Å². The normalized spacial score (nSPS) is 13.8. The molecule has 0 atom stereocenters. The van der Waals surface area contributed by atoms with Crippen molar-refractivity contribution in [1.29, 1.82) is 0 Å². The lowest BCUT2D eigenvalue weighted by molar-refractivity contribution is 0.431. The van der Waals surface area contributed by atoms with Gasteiger partial charge in [-0.2, -0.15) is 0 Å². The summed E-state index contributed by atoms with van der Waals surface area (Å²) in [7, 11) is 0. The second kappa shape index (κ2) is 10.4. The van der Waals surface area contributed by atoms with Crippen molar-refractivity contribution in [3.63, 3.8) is 0 Å². The molecular weight excluding hydrogens is 611 g/mol. The Bertz CT molecular complexity index is 2400. The van der Waals surface area contributed by atoms with Crippen LogP contribution in [0.2, 0.25) is 0 Å². The molecule has 2 aliphatic heterocycles. The first-order chi connectivity index (χ1) is 23.3. The molecule has 0 bridgehead atoms. The number of hydrogen-bond acceptors (Lipinski definition) is 4. The van der Waals surface area contributed by atoms with E-state index in [0.29, 0.717) is 0 Å². The minimum atomic E-state index is -0.547. The van der Waals surface area contributed by atoms with Crippen LogP contribution in [-0.4, -0.2) is 0 Å². The van der Waals surface area contributed by atoms with Gasteiger partial charge in [-0.05, 0) is 83.9 Å². The Morgan fingerprint density at radius 3 is 1.83 bits per heavy atom. The van der Waals surface area contributed by atoms with Crippen molar-refractivity contribution in [1.82, 2.24) is 0 Å². The van der Waals surface area contributed by atoms with E-state index in [2.05, 4.69) is 169 Å². The Morgan fingerprint density at radius 1 is 0.426 bits per heavy atom. The number of para-hydroxylation sites is 3. The maximum absolute atomic E-state index is 6.60. The lowest BCUT2D eigenvalue weighted by Gasteiger charge is -2.45. The number of ether oxygens (including phenoxy) is 1. The average molecular weight is 638 g/mol. The van der Waals surface area contributed by atoms with Crippen LogP contribution in [0.3, 0.4) is 0 Å². The standard InChI is InChI=1S/C43H27NOS2/c1-2-12-28(13-3-1)44(29-22-24-40-32(26-29)31-14-4-10-20-39(31)46-40)30-23-25-42-36(27-30)43(35-17-7-11-21-41(35)47-42)33-15-5-8-18-37(33)45-38-19-9-6-16-34(38)43/h1-27H. The van der Waals surface area contributed by atoms with Gasteiger partial charge in [-0.25, -0.2) is 0 Å². The molecule has 7 aromatic carbocycles. The molecule has 4 heteroatoms. The molecule has 0 saturated carbocycles. The van der Waals surface area contributed by atoms with Gasteiger partial charge >= 0.3 is 0 Å². The maximum Gasteiger partial charge on any atom is 0.132 e. The quantitative estimate of drug-likeness (QED) is 0.191. The van der Waals surface area contributed by atoms with Crippen LogP contribution in [0.15, 0.2) is 174 Å². The van der Waals surface area contributed by atoms with Gasteiger partial charge in [0.25, 0.3) is 0 Å². The molecule has 1 aromatic heterocycles. The van der Waals surface area contributed by atoms with Crippen LogP contribution in [0.1, 0.15) is 22.3 Å². The molecule has 0 unspecified atom stereocenters. The summed E-state index contributed by atoms with van der Waals surface area (Å²) in [6, 6.07) is 59.4. The summed E-state index contributed by atoms with van der Waals surface area (Å²) < 4.78 is 9.22. The first kappa shape index (κ1) is 26.9. The predicted molar refractivity (Wildman–Crippen MR) is 197 cm³/mol. The van der Waals surface area contributed by atoms with Gasteiger partial charge in [0.2, 0.25) is 0 Å². The molecule has 0 amide bonds. The zero-order valence-corrected chi connectivity index (χ0v) is 26.9. The summed E-state index contributed by atoms with van der Waals surface area (Å²) in [5, 5.41) is 2.59. The van der Waals surface area contributed by atoms with Gasteiger partial charge < -0.3 is 9.64 Å². The van der Waals surface area contributed by atoms with Gasteiger partial charge in [-0.1, -0.05) is 103 Å². The Morgan fingerprint density at radius 2 is 1.02 bits per heavy atom. The number of nitrogens with zero attached hydrogens (tertiary/aromatic N) is 1. The number of anilines is 3. The molecule has 2 aliphatic rings. The van der Waals surface area contributed by atoms with Crippen LogP contribution in [0.5, 0.6) is 11.5 Å². The van der Waals surface area contributed by atoms with E-state index in [-0.39, 0.29) is 0 Å². The van der Waals surface area contributed by atoms with Crippen molar-refractivity contribution in [2.24, 2.45) is 0 Å². The van der Waals surface area contributed by atoms with Crippen LogP contribution < -0.4 is 9.64 Å². The molecule has 1 spiro atoms. The van der Waals surface area contributed by atoms with Gasteiger partial charge in [0.05, 0.1) is 5.41 Å². The van der Waals surface area contributed by atoms with E-state index in [4.69, 9.17) is 4.74 Å². The van der Waals surface area contributed by atoms with E-state index < -0.39 is 5.41 Å². The highest BCUT2D eigenvalue weighted by molar-refractivity contribution is 7.99. The Labute approximate surface area is 281 Å². The molecule has 0 saturated heterocycles. The second-order valence-corrected chi connectivity index (χ2v) is 14.2. The molecule has 8 aromatic rings. The number of fused-ring (bicyclic) bond motifs is 11. The van der Waals surface area contributed by atoms with E-state index in [9.17, 15) is 0 Å². The van der Waals surface area contributed by atoms with Crippen molar-refractivity contribution in [2.45, 2.75) is 15.2 Å². The predicted octanol–water partition coefficient (Wildman–Crippen LogP) is 12.5. The highest BCUT2D eigenvalue weighted by Gasteiger charge is 2.49. The average Bonchev–Trinajstić information content (AvgIpc) is 3.50. The molecule has 222 valence electrons. The monoisotopic (exact) mass is 637 g/mol. The Kier molecular flexibility index (Phi) is 5.93. The van der Waals surface area contributed by atoms with Gasteiger partial charge in [0.15, 0.2) is 0 Å². The first-order valence-electron chi connectivity index (χ1n) is 15.8. The van der Waals surface area contributed by atoms with E-state index >= 15 is 0 Å². The third-order valence-electron chi connectivity index (χ3n) is 9.57. The van der Waals surface area contributed by atoms with Gasteiger partial charge in [-0.3, -0.25) is 0 Å². The van der Waals surface area contributed by atoms with E-state index in [1.807, 2.05) is 23.1 Å². The first-order valence-corrected chi connectivity index (χ1v) is 17.5. The second-order valence-electron chi connectivity index (χ2n) is 12.1. The number of benzene rings is 7. The van der Waals surface area contributed by atoms with Gasteiger partial charge in [0.1, 0.15) is 11.5 Å². The fourth-order valence-electron chi connectivity index (χ4n) is 7.62. The molecule has 0 fully saturated rings. The molecule has 0 aliphatic carbocycles. The highest BCUT2D eigenvalue weighted by atomic mass is 32.2.